The van der Waals surface area contributed by atoms with Crippen LogP contribution in [0.5, 0.6) is 0 Å². The summed E-state index contributed by atoms with van der Waals surface area (Å²) in [5, 5.41) is 8.01. The van der Waals surface area contributed by atoms with E-state index in [1.807, 2.05) is 0 Å². The number of sulfone groups is 1. The molecule has 0 saturated heterocycles. The van der Waals surface area contributed by atoms with E-state index in [0.717, 1.165) is 0 Å². The van der Waals surface area contributed by atoms with Gasteiger partial charge in [-0.2, -0.15) is 5.26 Å². The highest BCUT2D eigenvalue weighted by molar-refractivity contribution is 7.90. The lowest BCUT2D eigenvalue weighted by Crippen LogP contribution is -2.00. The maximum Gasteiger partial charge on any atom is 0.147 e. The molecule has 0 aromatic rings. The van der Waals surface area contributed by atoms with Gasteiger partial charge in [-0.25, -0.2) is 8.42 Å². The zero-order valence-electron chi connectivity index (χ0n) is 5.74. The molecule has 0 aliphatic heterocycles. The molecule has 0 aliphatic rings. The largest absolute Gasteiger partial charge is 0.229 e. The van der Waals surface area contributed by atoms with Crippen LogP contribution in [0.15, 0.2) is 12.2 Å². The standard InChI is InChI=1S/C6H9NO2S/c1-10(8,9)6-4-2-3-5-7/h2-3H,4,6H2,1H3/b3-2+. The van der Waals surface area contributed by atoms with E-state index in [-0.39, 0.29) is 5.75 Å². The molecule has 0 amide bonds. The fourth-order valence-electron chi connectivity index (χ4n) is 0.418. The maximum atomic E-state index is 10.5. The maximum absolute atomic E-state index is 10.5. The van der Waals surface area contributed by atoms with E-state index in [9.17, 15) is 8.42 Å². The lowest BCUT2D eigenvalue weighted by molar-refractivity contribution is 0.601. The van der Waals surface area contributed by atoms with Crippen molar-refractivity contribution in [2.75, 3.05) is 12.0 Å². The van der Waals surface area contributed by atoms with Gasteiger partial charge in [-0.1, -0.05) is 6.08 Å². The molecule has 0 rings (SSSR count). The van der Waals surface area contributed by atoms with Gasteiger partial charge in [0.1, 0.15) is 9.84 Å². The number of rotatable bonds is 3. The van der Waals surface area contributed by atoms with Gasteiger partial charge in [0.05, 0.1) is 11.8 Å². The summed E-state index contributed by atoms with van der Waals surface area (Å²) < 4.78 is 21.0. The first kappa shape index (κ1) is 9.18. The van der Waals surface area contributed by atoms with Crippen LogP contribution in [0.2, 0.25) is 0 Å². The van der Waals surface area contributed by atoms with Crippen molar-refractivity contribution in [2.24, 2.45) is 0 Å². The van der Waals surface area contributed by atoms with Crippen molar-refractivity contribution < 1.29 is 8.42 Å². The van der Waals surface area contributed by atoms with Crippen LogP contribution in [0.1, 0.15) is 6.42 Å². The number of hydrogen-bond donors (Lipinski definition) is 0. The second-order valence-electron chi connectivity index (χ2n) is 1.95. The minimum atomic E-state index is -2.87. The number of nitriles is 1. The Kier molecular flexibility index (Phi) is 3.74. The molecule has 10 heavy (non-hydrogen) atoms. The second kappa shape index (κ2) is 4.07. The van der Waals surface area contributed by atoms with Crippen LogP contribution in [0.3, 0.4) is 0 Å². The van der Waals surface area contributed by atoms with E-state index in [1.165, 1.54) is 12.3 Å². The number of hydrogen-bond acceptors (Lipinski definition) is 3. The number of allylic oxidation sites excluding steroid dienone is 2. The first-order valence-electron chi connectivity index (χ1n) is 2.78. The van der Waals surface area contributed by atoms with Crippen LogP contribution >= 0.6 is 0 Å². The second-order valence-corrected chi connectivity index (χ2v) is 4.21. The monoisotopic (exact) mass is 159 g/mol. The molecule has 3 nitrogen and oxygen atoms in total. The molecule has 0 heterocycles. The molecule has 0 aromatic carbocycles. The highest BCUT2D eigenvalue weighted by Gasteiger charge is 1.97. The molecular weight excluding hydrogens is 150 g/mol. The molecule has 4 heteroatoms. The van der Waals surface area contributed by atoms with Crippen molar-refractivity contribution in [2.45, 2.75) is 6.42 Å². The third-order valence-electron chi connectivity index (χ3n) is 0.848. The molecule has 0 bridgehead atoms. The molecule has 0 radical (unpaired) electrons. The van der Waals surface area contributed by atoms with Gasteiger partial charge in [-0.15, -0.1) is 0 Å². The Balaban J connectivity index is 3.61. The lowest BCUT2D eigenvalue weighted by atomic mass is 10.4. The van der Waals surface area contributed by atoms with Gasteiger partial charge in [0.15, 0.2) is 0 Å². The molecule has 0 aromatic heterocycles. The summed E-state index contributed by atoms with van der Waals surface area (Å²) in [6.45, 7) is 0. The van der Waals surface area contributed by atoms with E-state index in [0.29, 0.717) is 6.42 Å². The first-order chi connectivity index (χ1) is 4.56. The summed E-state index contributed by atoms with van der Waals surface area (Å²) in [6, 6.07) is 1.78. The van der Waals surface area contributed by atoms with Gasteiger partial charge < -0.3 is 0 Å². The quantitative estimate of drug-likeness (QED) is 0.563. The summed E-state index contributed by atoms with van der Waals surface area (Å²) in [6.07, 6.45) is 4.42. The van der Waals surface area contributed by atoms with Crippen molar-refractivity contribution in [1.82, 2.24) is 0 Å². The van der Waals surface area contributed by atoms with Crippen LogP contribution in [-0.4, -0.2) is 20.4 Å². The van der Waals surface area contributed by atoms with Gasteiger partial charge in [0, 0.05) is 12.3 Å². The van der Waals surface area contributed by atoms with Crippen LogP contribution in [0.4, 0.5) is 0 Å². The normalized spacial score (nSPS) is 11.6. The third kappa shape index (κ3) is 7.18. The zero-order valence-corrected chi connectivity index (χ0v) is 6.56. The van der Waals surface area contributed by atoms with Crippen molar-refractivity contribution in [3.05, 3.63) is 12.2 Å². The minimum absolute atomic E-state index is 0.116. The summed E-state index contributed by atoms with van der Waals surface area (Å²) in [4.78, 5) is 0. The Morgan fingerprint density at radius 3 is 2.60 bits per heavy atom. The Bertz CT molecular complexity index is 245. The van der Waals surface area contributed by atoms with E-state index >= 15 is 0 Å². The van der Waals surface area contributed by atoms with E-state index in [2.05, 4.69) is 0 Å². The third-order valence-corrected chi connectivity index (χ3v) is 1.82. The summed E-state index contributed by atoms with van der Waals surface area (Å²) in [5.41, 5.74) is 0. The van der Waals surface area contributed by atoms with Gasteiger partial charge in [-0.05, 0) is 6.42 Å². The predicted molar refractivity (Wildman–Crippen MR) is 39.1 cm³/mol. The van der Waals surface area contributed by atoms with E-state index < -0.39 is 9.84 Å². The van der Waals surface area contributed by atoms with Gasteiger partial charge in [0.2, 0.25) is 0 Å². The van der Waals surface area contributed by atoms with Crippen molar-refractivity contribution in [3.8, 4) is 6.07 Å². The van der Waals surface area contributed by atoms with Gasteiger partial charge in [-0.3, -0.25) is 0 Å². The van der Waals surface area contributed by atoms with Crippen molar-refractivity contribution in [3.63, 3.8) is 0 Å². The summed E-state index contributed by atoms with van der Waals surface area (Å²) >= 11 is 0. The molecule has 56 valence electrons. The average molecular weight is 159 g/mol. The molecular formula is C6H9NO2S. The Hall–Kier alpha value is -0.820. The Morgan fingerprint density at radius 2 is 2.20 bits per heavy atom. The highest BCUT2D eigenvalue weighted by atomic mass is 32.2. The van der Waals surface area contributed by atoms with Crippen LogP contribution in [0, 0.1) is 11.3 Å². The average Bonchev–Trinajstić information content (AvgIpc) is 1.78. The fraction of sp³-hybridized carbons (Fsp3) is 0.500. The molecule has 0 unspecified atom stereocenters. The van der Waals surface area contributed by atoms with Gasteiger partial charge >= 0.3 is 0 Å². The minimum Gasteiger partial charge on any atom is -0.229 e. The first-order valence-corrected chi connectivity index (χ1v) is 4.84. The lowest BCUT2D eigenvalue weighted by Gasteiger charge is -1.89. The van der Waals surface area contributed by atoms with Crippen LogP contribution < -0.4 is 0 Å². The van der Waals surface area contributed by atoms with Crippen molar-refractivity contribution >= 4 is 9.84 Å². The Labute approximate surface area is 60.9 Å². The van der Waals surface area contributed by atoms with Gasteiger partial charge in [0.25, 0.3) is 0 Å². The van der Waals surface area contributed by atoms with Crippen LogP contribution in [-0.2, 0) is 9.84 Å². The predicted octanol–water partition coefficient (Wildman–Crippen LogP) is 0.501. The van der Waals surface area contributed by atoms with E-state index in [4.69, 9.17) is 5.26 Å². The SMILES string of the molecule is CS(=O)(=O)CC/C=C/C#N. The Morgan fingerprint density at radius 1 is 1.60 bits per heavy atom. The van der Waals surface area contributed by atoms with E-state index in [1.54, 1.807) is 12.1 Å². The zero-order chi connectivity index (χ0) is 8.04. The topological polar surface area (TPSA) is 57.9 Å². The number of nitrogens with zero attached hydrogens (tertiary/aromatic N) is 1. The molecule has 0 saturated carbocycles. The molecule has 0 N–H and O–H groups in total. The highest BCUT2D eigenvalue weighted by Crippen LogP contribution is 1.89. The van der Waals surface area contributed by atoms with Crippen molar-refractivity contribution in [1.29, 1.82) is 5.26 Å². The smallest absolute Gasteiger partial charge is 0.147 e. The molecule has 0 aliphatic carbocycles. The molecule has 0 atom stereocenters. The van der Waals surface area contributed by atoms with Crippen LogP contribution in [0.25, 0.3) is 0 Å². The molecule has 0 spiro atoms. The fourth-order valence-corrected chi connectivity index (χ4v) is 0.982. The summed E-state index contributed by atoms with van der Waals surface area (Å²) in [5.74, 6) is 0.116. The molecule has 0 fully saturated rings. The summed E-state index contributed by atoms with van der Waals surface area (Å²) in [7, 11) is -2.87.